The Kier molecular flexibility index (Phi) is 7.08. The second kappa shape index (κ2) is 9.54. The molecule has 0 bridgehead atoms. The molecule has 1 aliphatic rings. The lowest BCUT2D eigenvalue weighted by atomic mass is 9.91. The molecular weight excluding hydrogens is 434 g/mol. The van der Waals surface area contributed by atoms with E-state index in [9.17, 15) is 9.90 Å². The number of benzene rings is 1. The third-order valence-corrected chi connectivity index (χ3v) is 5.63. The number of hydrogen-bond donors (Lipinski definition) is 3. The summed E-state index contributed by atoms with van der Waals surface area (Å²) in [5.41, 5.74) is 1.52. The Hall–Kier alpha value is -2.19. The highest BCUT2D eigenvalue weighted by atomic mass is 79.9. The van der Waals surface area contributed by atoms with Crippen molar-refractivity contribution in [2.45, 2.75) is 50.8 Å². The molecule has 1 heterocycles. The zero-order valence-electron chi connectivity index (χ0n) is 17.0. The van der Waals surface area contributed by atoms with E-state index in [4.69, 9.17) is 0 Å². The molecule has 8 heteroatoms. The molecule has 1 aromatic heterocycles. The van der Waals surface area contributed by atoms with E-state index < -0.39 is 6.10 Å². The second-order valence-corrected chi connectivity index (χ2v) is 8.66. The van der Waals surface area contributed by atoms with Gasteiger partial charge in [0, 0.05) is 42.4 Å². The molecule has 2 aromatic rings. The molecule has 0 spiro atoms. The minimum Gasteiger partial charge on any atom is -0.378 e. The SMILES string of the molecule is Cc1cc(N[C@H]2CC[C@@H](NC(=O)C(O)c3ccc(Br)cc3)CC2)nc(N(C)C)n1. The van der Waals surface area contributed by atoms with E-state index in [1.807, 2.05) is 44.1 Å². The Balaban J connectivity index is 1.50. The Morgan fingerprint density at radius 3 is 2.38 bits per heavy atom. The Morgan fingerprint density at radius 2 is 1.76 bits per heavy atom. The number of halogens is 1. The number of amides is 1. The molecule has 0 aliphatic heterocycles. The van der Waals surface area contributed by atoms with Crippen LogP contribution < -0.4 is 15.5 Å². The van der Waals surface area contributed by atoms with Gasteiger partial charge in [-0.15, -0.1) is 0 Å². The van der Waals surface area contributed by atoms with Gasteiger partial charge in [0.15, 0.2) is 6.10 Å². The minimum absolute atomic E-state index is 0.0788. The van der Waals surface area contributed by atoms with Gasteiger partial charge in [0.25, 0.3) is 5.91 Å². The Bertz CT molecular complexity index is 835. The van der Waals surface area contributed by atoms with Crippen LogP contribution in [0.15, 0.2) is 34.8 Å². The molecule has 1 atom stereocenters. The topological polar surface area (TPSA) is 90.4 Å². The lowest BCUT2D eigenvalue weighted by molar-refractivity contribution is -0.130. The van der Waals surface area contributed by atoms with Gasteiger partial charge >= 0.3 is 0 Å². The number of aryl methyl sites for hydroxylation is 1. The van der Waals surface area contributed by atoms with Crippen molar-refractivity contribution in [2.24, 2.45) is 0 Å². The summed E-state index contributed by atoms with van der Waals surface area (Å²) in [5, 5.41) is 16.8. The van der Waals surface area contributed by atoms with Crippen LogP contribution in [-0.2, 0) is 4.79 Å². The molecule has 0 saturated heterocycles. The maximum Gasteiger partial charge on any atom is 0.253 e. The fourth-order valence-electron chi connectivity index (χ4n) is 3.49. The van der Waals surface area contributed by atoms with Crippen LogP contribution in [0.4, 0.5) is 11.8 Å². The highest BCUT2D eigenvalue weighted by Crippen LogP contribution is 2.24. The number of hydrogen-bond acceptors (Lipinski definition) is 6. The number of aromatic nitrogens is 2. The summed E-state index contributed by atoms with van der Waals surface area (Å²) in [5.74, 6) is 1.18. The number of rotatable bonds is 6. The third-order valence-electron chi connectivity index (χ3n) is 5.10. The monoisotopic (exact) mass is 461 g/mol. The third kappa shape index (κ3) is 5.90. The van der Waals surface area contributed by atoms with E-state index >= 15 is 0 Å². The van der Waals surface area contributed by atoms with Gasteiger partial charge in [-0.25, -0.2) is 4.98 Å². The summed E-state index contributed by atoms with van der Waals surface area (Å²) in [6.07, 6.45) is 2.44. The molecule has 156 valence electrons. The van der Waals surface area contributed by atoms with Crippen molar-refractivity contribution >= 4 is 33.6 Å². The molecule has 1 amide bonds. The summed E-state index contributed by atoms with van der Waals surface area (Å²) in [7, 11) is 3.85. The highest BCUT2D eigenvalue weighted by molar-refractivity contribution is 9.10. The summed E-state index contributed by atoms with van der Waals surface area (Å²) in [6.45, 7) is 1.96. The van der Waals surface area contributed by atoms with E-state index in [1.165, 1.54) is 0 Å². The largest absolute Gasteiger partial charge is 0.378 e. The summed E-state index contributed by atoms with van der Waals surface area (Å²) in [6, 6.07) is 9.48. The van der Waals surface area contributed by atoms with Crippen LogP contribution in [0, 0.1) is 6.92 Å². The molecule has 29 heavy (non-hydrogen) atoms. The number of aliphatic hydroxyl groups excluding tert-OH is 1. The first-order valence-electron chi connectivity index (χ1n) is 9.85. The van der Waals surface area contributed by atoms with Gasteiger partial charge in [-0.05, 0) is 50.3 Å². The first kappa shape index (κ1) is 21.5. The zero-order valence-corrected chi connectivity index (χ0v) is 18.6. The van der Waals surface area contributed by atoms with Crippen LogP contribution in [0.5, 0.6) is 0 Å². The van der Waals surface area contributed by atoms with E-state index in [-0.39, 0.29) is 11.9 Å². The van der Waals surface area contributed by atoms with Crippen molar-refractivity contribution in [3.05, 3.63) is 46.1 Å². The molecule has 1 aromatic carbocycles. The summed E-state index contributed by atoms with van der Waals surface area (Å²) >= 11 is 3.36. The minimum atomic E-state index is -1.15. The molecule has 3 N–H and O–H groups in total. The molecule has 1 saturated carbocycles. The van der Waals surface area contributed by atoms with Crippen molar-refractivity contribution in [3.63, 3.8) is 0 Å². The van der Waals surface area contributed by atoms with Crippen molar-refractivity contribution < 1.29 is 9.90 Å². The molecular formula is C21H28BrN5O2. The average Bonchev–Trinajstić information content (AvgIpc) is 2.69. The average molecular weight is 462 g/mol. The van der Waals surface area contributed by atoms with Crippen LogP contribution in [0.25, 0.3) is 0 Å². The first-order valence-corrected chi connectivity index (χ1v) is 10.6. The van der Waals surface area contributed by atoms with Gasteiger partial charge in [0.05, 0.1) is 0 Å². The predicted molar refractivity (Wildman–Crippen MR) is 118 cm³/mol. The quantitative estimate of drug-likeness (QED) is 0.611. The molecule has 0 radical (unpaired) electrons. The van der Waals surface area contributed by atoms with E-state index in [0.717, 1.165) is 41.7 Å². The fraction of sp³-hybridized carbons (Fsp3) is 0.476. The van der Waals surface area contributed by atoms with Gasteiger partial charge in [0.2, 0.25) is 5.95 Å². The van der Waals surface area contributed by atoms with Crippen LogP contribution in [0.3, 0.4) is 0 Å². The van der Waals surface area contributed by atoms with Crippen LogP contribution >= 0.6 is 15.9 Å². The molecule has 1 unspecified atom stereocenters. The highest BCUT2D eigenvalue weighted by Gasteiger charge is 2.25. The van der Waals surface area contributed by atoms with Crippen LogP contribution in [0.1, 0.15) is 43.0 Å². The molecule has 7 nitrogen and oxygen atoms in total. The van der Waals surface area contributed by atoms with Gasteiger partial charge in [0.1, 0.15) is 5.82 Å². The van der Waals surface area contributed by atoms with E-state index in [0.29, 0.717) is 17.6 Å². The van der Waals surface area contributed by atoms with Gasteiger partial charge in [-0.2, -0.15) is 4.98 Å². The second-order valence-electron chi connectivity index (χ2n) is 7.74. The van der Waals surface area contributed by atoms with Crippen molar-refractivity contribution in [2.75, 3.05) is 24.3 Å². The van der Waals surface area contributed by atoms with Crippen LogP contribution in [0.2, 0.25) is 0 Å². The standard InChI is InChI=1S/C21H28BrN5O2/c1-13-12-18(26-21(23-13)27(2)3)24-16-8-10-17(11-9-16)25-20(29)19(28)14-4-6-15(22)7-5-14/h4-7,12,16-17,19,28H,8-11H2,1-3H3,(H,25,29)(H,23,24,26)/t16-,17+,19?. The molecule has 3 rings (SSSR count). The van der Waals surface area contributed by atoms with Crippen molar-refractivity contribution in [1.29, 1.82) is 0 Å². The number of aliphatic hydroxyl groups is 1. The smallest absolute Gasteiger partial charge is 0.253 e. The maximum absolute atomic E-state index is 12.4. The fourth-order valence-corrected chi connectivity index (χ4v) is 3.76. The summed E-state index contributed by atoms with van der Waals surface area (Å²) in [4.78, 5) is 23.3. The zero-order chi connectivity index (χ0) is 21.0. The lowest BCUT2D eigenvalue weighted by Gasteiger charge is -2.30. The number of carbonyl (C=O) groups excluding carboxylic acids is 1. The number of carbonyl (C=O) groups is 1. The molecule has 1 aliphatic carbocycles. The predicted octanol–water partition coefficient (Wildman–Crippen LogP) is 3.19. The normalized spacial score (nSPS) is 20.0. The maximum atomic E-state index is 12.4. The number of nitrogens with zero attached hydrogens (tertiary/aromatic N) is 3. The van der Waals surface area contributed by atoms with Gasteiger partial charge in [-0.1, -0.05) is 28.1 Å². The lowest BCUT2D eigenvalue weighted by Crippen LogP contribution is -2.42. The Morgan fingerprint density at radius 1 is 1.14 bits per heavy atom. The first-order chi connectivity index (χ1) is 13.8. The van der Waals surface area contributed by atoms with Crippen LogP contribution in [-0.4, -0.2) is 47.2 Å². The number of nitrogens with one attached hydrogen (secondary N) is 2. The van der Waals surface area contributed by atoms with Crippen molar-refractivity contribution in [1.82, 2.24) is 15.3 Å². The summed E-state index contributed by atoms with van der Waals surface area (Å²) < 4.78 is 0.913. The van der Waals surface area contributed by atoms with E-state index in [2.05, 4.69) is 36.5 Å². The number of anilines is 2. The van der Waals surface area contributed by atoms with E-state index in [1.54, 1.807) is 12.1 Å². The van der Waals surface area contributed by atoms with Gasteiger partial charge < -0.3 is 20.6 Å². The molecule has 1 fully saturated rings. The van der Waals surface area contributed by atoms with Crippen molar-refractivity contribution in [3.8, 4) is 0 Å². The Labute approximate surface area is 180 Å². The van der Waals surface area contributed by atoms with Gasteiger partial charge in [-0.3, -0.25) is 4.79 Å².